The summed E-state index contributed by atoms with van der Waals surface area (Å²) in [4.78, 5) is 24.4. The lowest BCUT2D eigenvalue weighted by Gasteiger charge is -2.15. The van der Waals surface area contributed by atoms with Crippen molar-refractivity contribution in [3.63, 3.8) is 0 Å². The average molecular weight is 515 g/mol. The smallest absolute Gasteiger partial charge is 0.317 e. The summed E-state index contributed by atoms with van der Waals surface area (Å²) >= 11 is 0. The Bertz CT molecular complexity index is 1220. The van der Waals surface area contributed by atoms with Crippen molar-refractivity contribution in [1.29, 1.82) is 0 Å². The van der Waals surface area contributed by atoms with Crippen LogP contribution in [0.25, 0.3) is 5.69 Å². The molecule has 1 fully saturated rings. The van der Waals surface area contributed by atoms with Crippen LogP contribution in [0.2, 0.25) is 0 Å². The maximum absolute atomic E-state index is 13.1. The Morgan fingerprint density at radius 3 is 2.51 bits per heavy atom. The molecule has 0 saturated carbocycles. The zero-order valence-corrected chi connectivity index (χ0v) is 21.1. The molecule has 1 aliphatic rings. The van der Waals surface area contributed by atoms with Crippen LogP contribution in [-0.2, 0) is 4.79 Å². The summed E-state index contributed by atoms with van der Waals surface area (Å²) in [5.74, 6) is -0.487. The Kier molecular flexibility index (Phi) is 9.56. The van der Waals surface area contributed by atoms with Crippen LogP contribution in [0.4, 0.5) is 19.4 Å². The lowest BCUT2D eigenvalue weighted by atomic mass is 9.98. The fourth-order valence-electron chi connectivity index (χ4n) is 4.07. The van der Waals surface area contributed by atoms with Gasteiger partial charge in [0.2, 0.25) is 11.8 Å². The number of rotatable bonds is 7. The highest BCUT2D eigenvalue weighted by molar-refractivity contribution is 5.88. The number of anilines is 1. The molecule has 9 nitrogen and oxygen atoms in total. The molecule has 1 saturated heterocycles. The maximum Gasteiger partial charge on any atom is 0.317 e. The van der Waals surface area contributed by atoms with E-state index in [1.165, 1.54) is 6.07 Å². The predicted octanol–water partition coefficient (Wildman–Crippen LogP) is 3.57. The lowest BCUT2D eigenvalue weighted by molar-refractivity contribution is -0.121. The van der Waals surface area contributed by atoms with Gasteiger partial charge in [-0.25, -0.2) is 18.3 Å². The summed E-state index contributed by atoms with van der Waals surface area (Å²) in [5, 5.41) is 9.50. The zero-order valence-electron chi connectivity index (χ0n) is 21.1. The zero-order chi connectivity index (χ0) is 26.9. The summed E-state index contributed by atoms with van der Waals surface area (Å²) in [6.07, 6.45) is 0.863. The molecule has 0 spiro atoms. The highest BCUT2D eigenvalue weighted by Crippen LogP contribution is 2.29. The molecule has 3 aromatic rings. The number of aromatic nitrogens is 2. The molecule has 2 heterocycles. The number of halogens is 2. The first-order chi connectivity index (χ1) is 17.7. The van der Waals surface area contributed by atoms with Crippen LogP contribution >= 0.6 is 0 Å². The second-order valence-electron chi connectivity index (χ2n) is 8.52. The molecular formula is C26H32F2N6O3. The minimum absolute atomic E-state index is 0.0269. The number of nitrogens with one attached hydrogen (secondary N) is 2. The number of urea groups is 1. The van der Waals surface area contributed by atoms with Gasteiger partial charge in [0.05, 0.1) is 24.4 Å². The minimum Gasteiger partial charge on any atom is -0.477 e. The summed E-state index contributed by atoms with van der Waals surface area (Å²) < 4.78 is 33.0. The molecule has 0 aliphatic carbocycles. The molecule has 0 radical (unpaired) electrons. The fourth-order valence-corrected chi connectivity index (χ4v) is 4.07. The number of likely N-dealkylation sites (N-methyl/N-ethyl adjacent to an activating group) is 1. The minimum atomic E-state index is -0.820. The van der Waals surface area contributed by atoms with E-state index in [9.17, 15) is 18.4 Å². The van der Waals surface area contributed by atoms with E-state index in [1.54, 1.807) is 17.8 Å². The fraction of sp³-hybridized carbons (Fsp3) is 0.346. The molecule has 198 valence electrons. The SMILES string of the molecule is CCOc1nn(-c2ccccc2)c(NC(N)=O)c1C.CNC(=O)CN1CCC(c2ccc(F)c(F)c2)C1. The number of nitrogens with two attached hydrogens (primary N) is 1. The Labute approximate surface area is 214 Å². The van der Waals surface area contributed by atoms with Gasteiger partial charge in [-0.05, 0) is 62.6 Å². The number of carbonyl (C=O) groups excluding carboxylic acids is 2. The van der Waals surface area contributed by atoms with Crippen LogP contribution in [-0.4, -0.2) is 59.9 Å². The van der Waals surface area contributed by atoms with Gasteiger partial charge in [-0.15, -0.1) is 5.10 Å². The van der Waals surface area contributed by atoms with Crippen LogP contribution in [0.5, 0.6) is 5.88 Å². The predicted molar refractivity (Wildman–Crippen MR) is 137 cm³/mol. The van der Waals surface area contributed by atoms with E-state index in [1.807, 2.05) is 49.1 Å². The molecule has 4 rings (SSSR count). The van der Waals surface area contributed by atoms with Gasteiger partial charge in [0.25, 0.3) is 0 Å². The van der Waals surface area contributed by atoms with Gasteiger partial charge < -0.3 is 15.8 Å². The molecule has 0 bridgehead atoms. The van der Waals surface area contributed by atoms with Gasteiger partial charge >= 0.3 is 6.03 Å². The third-order valence-corrected chi connectivity index (χ3v) is 5.94. The van der Waals surface area contributed by atoms with Crippen molar-refractivity contribution in [3.05, 3.63) is 71.3 Å². The standard InChI is InChI=1S/C13H16F2N2O.C13H16N4O2/c1-16-13(18)8-17-5-4-10(7-17)9-2-3-11(14)12(15)6-9;1-3-19-12-9(2)11(15-13(14)18)17(16-12)10-7-5-4-6-8-10/h2-3,6,10H,4-5,7-8H2,1H3,(H,16,18);4-8H,3H2,1-2H3,(H3,14,15,18). The van der Waals surface area contributed by atoms with Crippen molar-refractivity contribution in [2.24, 2.45) is 5.73 Å². The van der Waals surface area contributed by atoms with E-state index >= 15 is 0 Å². The highest BCUT2D eigenvalue weighted by atomic mass is 19.2. The highest BCUT2D eigenvalue weighted by Gasteiger charge is 2.25. The largest absolute Gasteiger partial charge is 0.477 e. The number of para-hydroxylation sites is 1. The van der Waals surface area contributed by atoms with Gasteiger partial charge in [0.1, 0.15) is 5.82 Å². The molecule has 1 aromatic heterocycles. The second kappa shape index (κ2) is 12.8. The first-order valence-electron chi connectivity index (χ1n) is 12.0. The number of hydrogen-bond acceptors (Lipinski definition) is 5. The van der Waals surface area contributed by atoms with Crippen molar-refractivity contribution in [3.8, 4) is 11.6 Å². The van der Waals surface area contributed by atoms with Gasteiger partial charge in [-0.2, -0.15) is 0 Å². The van der Waals surface area contributed by atoms with E-state index in [4.69, 9.17) is 10.5 Å². The van der Waals surface area contributed by atoms with Crippen molar-refractivity contribution in [2.75, 3.05) is 38.6 Å². The number of primary amides is 1. The van der Waals surface area contributed by atoms with E-state index in [-0.39, 0.29) is 11.8 Å². The molecule has 4 N–H and O–H groups in total. The first kappa shape index (κ1) is 27.6. The van der Waals surface area contributed by atoms with Crippen molar-refractivity contribution in [1.82, 2.24) is 20.0 Å². The Balaban J connectivity index is 0.000000206. The normalized spacial score (nSPS) is 15.0. The number of nitrogens with zero attached hydrogens (tertiary/aromatic N) is 3. The summed E-state index contributed by atoms with van der Waals surface area (Å²) in [5.41, 5.74) is 7.55. The second-order valence-corrected chi connectivity index (χ2v) is 8.52. The third kappa shape index (κ3) is 7.26. The van der Waals surface area contributed by atoms with E-state index in [0.29, 0.717) is 31.4 Å². The summed E-state index contributed by atoms with van der Waals surface area (Å²) in [7, 11) is 1.60. The summed E-state index contributed by atoms with van der Waals surface area (Å²) in [6.45, 7) is 6.07. The molecule has 37 heavy (non-hydrogen) atoms. The number of likely N-dealkylation sites (tertiary alicyclic amines) is 1. The van der Waals surface area contributed by atoms with Crippen molar-refractivity contribution in [2.45, 2.75) is 26.2 Å². The maximum atomic E-state index is 13.1. The van der Waals surface area contributed by atoms with Crippen molar-refractivity contribution >= 4 is 17.8 Å². The van der Waals surface area contributed by atoms with Gasteiger partial charge in [0.15, 0.2) is 11.6 Å². The molecular weight excluding hydrogens is 482 g/mol. The number of amides is 3. The lowest BCUT2D eigenvalue weighted by Crippen LogP contribution is -2.34. The van der Waals surface area contributed by atoms with E-state index < -0.39 is 17.7 Å². The van der Waals surface area contributed by atoms with E-state index in [0.717, 1.165) is 35.8 Å². The average Bonchev–Trinajstić information content (AvgIpc) is 3.47. The van der Waals surface area contributed by atoms with Crippen LogP contribution < -0.4 is 21.1 Å². The first-order valence-corrected chi connectivity index (χ1v) is 12.0. The van der Waals surface area contributed by atoms with Crippen LogP contribution in [0.15, 0.2) is 48.5 Å². The monoisotopic (exact) mass is 514 g/mol. The van der Waals surface area contributed by atoms with E-state index in [2.05, 4.69) is 15.7 Å². The Hall–Kier alpha value is -3.99. The van der Waals surface area contributed by atoms with Crippen LogP contribution in [0.3, 0.4) is 0 Å². The molecule has 11 heteroatoms. The van der Waals surface area contributed by atoms with Crippen LogP contribution in [0, 0.1) is 18.6 Å². The van der Waals surface area contributed by atoms with Gasteiger partial charge in [-0.1, -0.05) is 24.3 Å². The Morgan fingerprint density at radius 2 is 1.89 bits per heavy atom. The molecule has 1 atom stereocenters. The molecule has 2 aromatic carbocycles. The number of hydrogen-bond donors (Lipinski definition) is 3. The quantitative estimate of drug-likeness (QED) is 0.446. The van der Waals surface area contributed by atoms with Gasteiger partial charge in [0, 0.05) is 13.6 Å². The molecule has 3 amide bonds. The number of benzene rings is 2. The number of carbonyl (C=O) groups is 2. The summed E-state index contributed by atoms with van der Waals surface area (Å²) in [6, 6.07) is 12.8. The topological polar surface area (TPSA) is 115 Å². The van der Waals surface area contributed by atoms with Crippen LogP contribution in [0.1, 0.15) is 30.4 Å². The third-order valence-electron chi connectivity index (χ3n) is 5.94. The van der Waals surface area contributed by atoms with Gasteiger partial charge in [-0.3, -0.25) is 15.0 Å². The molecule has 1 unspecified atom stereocenters. The Morgan fingerprint density at radius 1 is 1.16 bits per heavy atom. The number of ether oxygens (including phenoxy) is 1. The van der Waals surface area contributed by atoms with Crippen molar-refractivity contribution < 1.29 is 23.1 Å². The molecule has 1 aliphatic heterocycles.